The molecule has 29 heavy (non-hydrogen) atoms. The van der Waals surface area contributed by atoms with Crippen molar-refractivity contribution in [2.24, 2.45) is 0 Å². The number of para-hydroxylation sites is 1. The maximum atomic E-state index is 12.8. The first-order valence-corrected chi connectivity index (χ1v) is 10.3. The van der Waals surface area contributed by atoms with E-state index < -0.39 is 0 Å². The lowest BCUT2D eigenvalue weighted by molar-refractivity contribution is -0.113. The van der Waals surface area contributed by atoms with Crippen molar-refractivity contribution in [3.63, 3.8) is 0 Å². The molecule has 146 valence electrons. The number of carbonyl (C=O) groups is 1. The smallest absolute Gasteiger partial charge is 0.302 e. The van der Waals surface area contributed by atoms with Crippen molar-refractivity contribution in [3.8, 4) is 17.0 Å². The summed E-state index contributed by atoms with van der Waals surface area (Å²) in [4.78, 5) is 25.2. The Bertz CT molecular complexity index is 1210. The van der Waals surface area contributed by atoms with Gasteiger partial charge in [0.2, 0.25) is 10.9 Å². The highest BCUT2D eigenvalue weighted by atomic mass is 32.2. The average Bonchev–Trinajstić information content (AvgIpc) is 3.18. The zero-order chi connectivity index (χ0) is 20.2. The highest BCUT2D eigenvalue weighted by Crippen LogP contribution is 2.24. The molecule has 8 nitrogen and oxygen atoms in total. The molecular formula is C19H15N5O3S2. The highest BCUT2D eigenvalue weighted by molar-refractivity contribution is 8.01. The molecule has 0 aliphatic rings. The molecule has 0 unspecified atom stereocenters. The standard InChI is InChI=1S/C19H15N5O3S2/c1-27-14-9-7-12(8-10-14)16-17(26)24-18(22-21-16)29-19(23-24)28-11-15(25)20-13-5-3-2-4-6-13/h2-10H,11H2,1H3,(H,20,25). The number of nitrogens with zero attached hydrogens (tertiary/aromatic N) is 4. The van der Waals surface area contributed by atoms with Crippen molar-refractivity contribution < 1.29 is 9.53 Å². The van der Waals surface area contributed by atoms with E-state index in [0.29, 0.717) is 20.6 Å². The van der Waals surface area contributed by atoms with Gasteiger partial charge in [0.15, 0.2) is 10.0 Å². The van der Waals surface area contributed by atoms with Gasteiger partial charge in [-0.25, -0.2) is 0 Å². The van der Waals surface area contributed by atoms with Crippen LogP contribution in [0.1, 0.15) is 0 Å². The van der Waals surface area contributed by atoms with Crippen LogP contribution in [0, 0.1) is 0 Å². The van der Waals surface area contributed by atoms with Gasteiger partial charge in [0.1, 0.15) is 5.75 Å². The van der Waals surface area contributed by atoms with Gasteiger partial charge in [-0.15, -0.1) is 15.3 Å². The van der Waals surface area contributed by atoms with Gasteiger partial charge in [-0.3, -0.25) is 9.59 Å². The summed E-state index contributed by atoms with van der Waals surface area (Å²) in [5, 5.41) is 15.3. The molecule has 0 aliphatic carbocycles. The van der Waals surface area contributed by atoms with E-state index in [9.17, 15) is 9.59 Å². The molecule has 10 heteroatoms. The van der Waals surface area contributed by atoms with Crippen LogP contribution in [0.15, 0.2) is 63.7 Å². The molecular weight excluding hydrogens is 410 g/mol. The Hall–Kier alpha value is -3.24. The second-order valence-electron chi connectivity index (χ2n) is 5.85. The predicted octanol–water partition coefficient (Wildman–Crippen LogP) is 2.95. The largest absolute Gasteiger partial charge is 0.497 e. The van der Waals surface area contributed by atoms with Crippen LogP contribution in [-0.2, 0) is 4.79 Å². The van der Waals surface area contributed by atoms with Crippen LogP contribution in [0.2, 0.25) is 0 Å². The summed E-state index contributed by atoms with van der Waals surface area (Å²) >= 11 is 2.45. The van der Waals surface area contributed by atoms with Crippen molar-refractivity contribution >= 4 is 39.7 Å². The first kappa shape index (κ1) is 19.1. The van der Waals surface area contributed by atoms with Gasteiger partial charge >= 0.3 is 5.56 Å². The van der Waals surface area contributed by atoms with E-state index in [1.165, 1.54) is 27.6 Å². The number of thioether (sulfide) groups is 1. The van der Waals surface area contributed by atoms with Gasteiger partial charge in [0.05, 0.1) is 12.9 Å². The third-order valence-corrected chi connectivity index (χ3v) is 5.95. The summed E-state index contributed by atoms with van der Waals surface area (Å²) in [5.41, 5.74) is 1.20. The lowest BCUT2D eigenvalue weighted by atomic mass is 10.1. The molecule has 4 rings (SSSR count). The Kier molecular flexibility index (Phi) is 5.54. The monoisotopic (exact) mass is 425 g/mol. The molecule has 0 aliphatic heterocycles. The molecule has 1 amide bonds. The number of methoxy groups -OCH3 is 1. The Morgan fingerprint density at radius 1 is 1.14 bits per heavy atom. The number of fused-ring (bicyclic) bond motifs is 1. The van der Waals surface area contributed by atoms with E-state index in [1.54, 1.807) is 31.4 Å². The van der Waals surface area contributed by atoms with Crippen molar-refractivity contribution in [2.45, 2.75) is 4.34 Å². The lowest BCUT2D eigenvalue weighted by Gasteiger charge is -2.02. The number of nitrogens with one attached hydrogen (secondary N) is 1. The summed E-state index contributed by atoms with van der Waals surface area (Å²) < 4.78 is 6.91. The van der Waals surface area contributed by atoms with Gasteiger partial charge in [0.25, 0.3) is 0 Å². The van der Waals surface area contributed by atoms with E-state index in [4.69, 9.17) is 4.74 Å². The predicted molar refractivity (Wildman–Crippen MR) is 113 cm³/mol. The molecule has 0 spiro atoms. The van der Waals surface area contributed by atoms with Gasteiger partial charge in [-0.05, 0) is 36.4 Å². The summed E-state index contributed by atoms with van der Waals surface area (Å²) in [6, 6.07) is 16.2. The maximum absolute atomic E-state index is 12.8. The van der Waals surface area contributed by atoms with Crippen molar-refractivity contribution in [1.82, 2.24) is 19.8 Å². The van der Waals surface area contributed by atoms with Gasteiger partial charge in [-0.2, -0.15) is 4.52 Å². The van der Waals surface area contributed by atoms with Gasteiger partial charge < -0.3 is 10.1 Å². The van der Waals surface area contributed by atoms with Crippen LogP contribution in [-0.4, -0.2) is 38.6 Å². The van der Waals surface area contributed by atoms with Crippen molar-refractivity contribution in [3.05, 3.63) is 65.0 Å². The van der Waals surface area contributed by atoms with Crippen LogP contribution in [0.25, 0.3) is 16.2 Å². The average molecular weight is 425 g/mol. The zero-order valence-corrected chi connectivity index (χ0v) is 16.9. The van der Waals surface area contributed by atoms with Crippen molar-refractivity contribution in [2.75, 3.05) is 18.2 Å². The van der Waals surface area contributed by atoms with Crippen LogP contribution in [0.4, 0.5) is 5.69 Å². The first-order chi connectivity index (χ1) is 14.1. The lowest BCUT2D eigenvalue weighted by Crippen LogP contribution is -2.19. The zero-order valence-electron chi connectivity index (χ0n) is 15.2. The third-order valence-electron chi connectivity index (χ3n) is 3.92. The van der Waals surface area contributed by atoms with E-state index >= 15 is 0 Å². The molecule has 0 atom stereocenters. The topological polar surface area (TPSA) is 98.5 Å². The second kappa shape index (κ2) is 8.41. The molecule has 2 aromatic heterocycles. The summed E-state index contributed by atoms with van der Waals surface area (Å²) in [5.74, 6) is 0.698. The molecule has 1 N–H and O–H groups in total. The third kappa shape index (κ3) is 4.28. The van der Waals surface area contributed by atoms with E-state index in [2.05, 4.69) is 20.6 Å². The molecule has 0 saturated carbocycles. The number of carbonyl (C=O) groups excluding carboxylic acids is 1. The summed E-state index contributed by atoms with van der Waals surface area (Å²) in [7, 11) is 1.57. The minimum Gasteiger partial charge on any atom is -0.497 e. The number of hydrogen-bond acceptors (Lipinski definition) is 8. The number of hydrogen-bond donors (Lipinski definition) is 1. The first-order valence-electron chi connectivity index (χ1n) is 8.53. The molecule has 0 fully saturated rings. The van der Waals surface area contributed by atoms with E-state index in [1.807, 2.05) is 30.3 Å². The Morgan fingerprint density at radius 3 is 2.62 bits per heavy atom. The van der Waals surface area contributed by atoms with Crippen LogP contribution in [0.5, 0.6) is 5.75 Å². The minimum atomic E-state index is -0.364. The highest BCUT2D eigenvalue weighted by Gasteiger charge is 2.15. The number of aromatic nitrogens is 4. The van der Waals surface area contributed by atoms with Crippen molar-refractivity contribution in [1.29, 1.82) is 0 Å². The van der Waals surface area contributed by atoms with Crippen LogP contribution >= 0.6 is 23.1 Å². The molecule has 0 bridgehead atoms. The Balaban J connectivity index is 1.51. The Morgan fingerprint density at radius 2 is 1.90 bits per heavy atom. The molecule has 2 heterocycles. The molecule has 0 radical (unpaired) electrons. The van der Waals surface area contributed by atoms with E-state index in [-0.39, 0.29) is 22.9 Å². The minimum absolute atomic E-state index is 0.155. The fraction of sp³-hybridized carbons (Fsp3) is 0.105. The number of anilines is 1. The Labute approximate surface area is 173 Å². The fourth-order valence-electron chi connectivity index (χ4n) is 2.53. The SMILES string of the molecule is COc1ccc(-c2nnc3sc(SCC(=O)Nc4ccccc4)nn3c2=O)cc1. The van der Waals surface area contributed by atoms with Crippen LogP contribution < -0.4 is 15.6 Å². The molecule has 0 saturated heterocycles. The number of amides is 1. The quantitative estimate of drug-likeness (QED) is 0.474. The van der Waals surface area contributed by atoms with Gasteiger partial charge in [0, 0.05) is 11.3 Å². The normalized spacial score (nSPS) is 10.8. The van der Waals surface area contributed by atoms with E-state index in [0.717, 1.165) is 5.69 Å². The summed E-state index contributed by atoms with van der Waals surface area (Å²) in [6.45, 7) is 0. The maximum Gasteiger partial charge on any atom is 0.302 e. The second-order valence-corrected chi connectivity index (χ2v) is 8.03. The molecule has 2 aromatic carbocycles. The van der Waals surface area contributed by atoms with Crippen LogP contribution in [0.3, 0.4) is 0 Å². The van der Waals surface area contributed by atoms with Gasteiger partial charge in [-0.1, -0.05) is 41.3 Å². The number of rotatable bonds is 6. The number of benzene rings is 2. The molecule has 4 aromatic rings. The summed E-state index contributed by atoms with van der Waals surface area (Å²) in [6.07, 6.45) is 0. The fourth-order valence-corrected chi connectivity index (χ4v) is 4.20. The number of ether oxygens (including phenoxy) is 1.